The monoisotopic (exact) mass is 439 g/mol. The summed E-state index contributed by atoms with van der Waals surface area (Å²) in [5.41, 5.74) is 2.63. The van der Waals surface area contributed by atoms with Gasteiger partial charge in [-0.15, -0.1) is 0 Å². The molecule has 0 bridgehead atoms. The Morgan fingerprint density at radius 1 is 1.03 bits per heavy atom. The molecule has 8 heteroatoms. The molecule has 1 heterocycles. The normalized spacial score (nSPS) is 15.8. The molecule has 0 saturated carbocycles. The summed E-state index contributed by atoms with van der Waals surface area (Å²) in [5, 5.41) is 5.65. The molecule has 0 aromatic heterocycles. The highest BCUT2D eigenvalue weighted by atomic mass is 16.5. The minimum atomic E-state index is -0.598. The number of amides is 2. The van der Waals surface area contributed by atoms with Crippen LogP contribution in [0.1, 0.15) is 24.1 Å². The summed E-state index contributed by atoms with van der Waals surface area (Å²) in [5.74, 6) is 0.832. The molecule has 1 atom stereocenters. The van der Waals surface area contributed by atoms with Crippen LogP contribution in [0.5, 0.6) is 11.5 Å². The molecule has 0 saturated heterocycles. The van der Waals surface area contributed by atoms with Crippen molar-refractivity contribution in [1.82, 2.24) is 15.5 Å². The molecule has 1 aliphatic heterocycles. The second kappa shape index (κ2) is 10.7. The first kappa shape index (κ1) is 23.1. The van der Waals surface area contributed by atoms with Gasteiger partial charge in [0.2, 0.25) is 0 Å². The first-order valence-corrected chi connectivity index (χ1v) is 10.4. The Labute approximate surface area is 188 Å². The summed E-state index contributed by atoms with van der Waals surface area (Å²) >= 11 is 0. The maximum atomic E-state index is 12.9. The smallest absolute Gasteiger partial charge is 0.338 e. The van der Waals surface area contributed by atoms with Gasteiger partial charge in [0.1, 0.15) is 0 Å². The summed E-state index contributed by atoms with van der Waals surface area (Å²) in [4.78, 5) is 27.3. The predicted octanol–water partition coefficient (Wildman–Crippen LogP) is 3.01. The van der Waals surface area contributed by atoms with Gasteiger partial charge in [-0.3, -0.25) is 4.90 Å². The van der Waals surface area contributed by atoms with E-state index in [2.05, 4.69) is 10.6 Å². The van der Waals surface area contributed by atoms with E-state index in [0.717, 1.165) is 11.1 Å². The Morgan fingerprint density at radius 2 is 1.78 bits per heavy atom. The zero-order valence-electron chi connectivity index (χ0n) is 18.8. The molecule has 0 fully saturated rings. The maximum Gasteiger partial charge on any atom is 0.338 e. The largest absolute Gasteiger partial charge is 0.493 e. The van der Waals surface area contributed by atoms with Gasteiger partial charge in [0, 0.05) is 24.4 Å². The summed E-state index contributed by atoms with van der Waals surface area (Å²) in [6, 6.07) is 14.1. The molecule has 0 aliphatic carbocycles. The van der Waals surface area contributed by atoms with E-state index in [1.165, 1.54) is 0 Å². The van der Waals surface area contributed by atoms with Crippen molar-refractivity contribution in [2.45, 2.75) is 19.5 Å². The van der Waals surface area contributed by atoms with Crippen molar-refractivity contribution in [2.75, 3.05) is 34.4 Å². The molecule has 2 amide bonds. The number of hydrogen-bond acceptors (Lipinski definition) is 6. The average molecular weight is 440 g/mol. The average Bonchev–Trinajstić information content (AvgIpc) is 2.79. The van der Waals surface area contributed by atoms with E-state index >= 15 is 0 Å². The lowest BCUT2D eigenvalue weighted by molar-refractivity contribution is -0.139. The fourth-order valence-corrected chi connectivity index (χ4v) is 3.78. The van der Waals surface area contributed by atoms with Gasteiger partial charge in [0.05, 0.1) is 32.4 Å². The molecule has 2 aromatic carbocycles. The number of methoxy groups -OCH3 is 2. The van der Waals surface area contributed by atoms with Gasteiger partial charge >= 0.3 is 12.0 Å². The fraction of sp³-hybridized carbons (Fsp3) is 0.333. The minimum absolute atomic E-state index is 0.238. The van der Waals surface area contributed by atoms with Gasteiger partial charge in [-0.2, -0.15) is 0 Å². The van der Waals surface area contributed by atoms with E-state index in [0.29, 0.717) is 35.9 Å². The summed E-state index contributed by atoms with van der Waals surface area (Å²) < 4.78 is 16.2. The lowest BCUT2D eigenvalue weighted by Gasteiger charge is -2.31. The van der Waals surface area contributed by atoms with E-state index in [4.69, 9.17) is 14.2 Å². The number of rotatable bonds is 9. The van der Waals surface area contributed by atoms with Gasteiger partial charge in [-0.1, -0.05) is 42.5 Å². The third-order valence-electron chi connectivity index (χ3n) is 5.13. The number of para-hydroxylation sites is 1. The molecule has 0 spiro atoms. The third-order valence-corrected chi connectivity index (χ3v) is 5.13. The van der Waals surface area contributed by atoms with Crippen molar-refractivity contribution >= 4 is 12.0 Å². The Kier molecular flexibility index (Phi) is 7.72. The SMILES string of the molecule is CCOC(=O)C1=C(CN(C)Cc2cccc(OC)c2OC)NC(=O)NC1c1ccccc1. The van der Waals surface area contributed by atoms with Crippen LogP contribution in [0.4, 0.5) is 4.79 Å². The third kappa shape index (κ3) is 5.20. The molecule has 2 N–H and O–H groups in total. The van der Waals surface area contributed by atoms with Gasteiger partial charge in [0.15, 0.2) is 11.5 Å². The van der Waals surface area contributed by atoms with Crippen LogP contribution in [0.15, 0.2) is 59.8 Å². The van der Waals surface area contributed by atoms with Crippen LogP contribution in [-0.4, -0.2) is 51.3 Å². The van der Waals surface area contributed by atoms with Gasteiger partial charge in [-0.25, -0.2) is 9.59 Å². The quantitative estimate of drug-likeness (QED) is 0.584. The summed E-state index contributed by atoms with van der Waals surface area (Å²) in [7, 11) is 5.09. The molecule has 2 aromatic rings. The molecular weight excluding hydrogens is 410 g/mol. The molecule has 8 nitrogen and oxygen atoms in total. The number of carbonyl (C=O) groups excluding carboxylic acids is 2. The first-order chi connectivity index (χ1) is 15.5. The number of nitrogens with zero attached hydrogens (tertiary/aromatic N) is 1. The Bertz CT molecular complexity index is 990. The van der Waals surface area contributed by atoms with Crippen molar-refractivity contribution in [3.8, 4) is 11.5 Å². The zero-order chi connectivity index (χ0) is 23.1. The number of likely N-dealkylation sites (N-methyl/N-ethyl adjacent to an activating group) is 1. The molecule has 1 unspecified atom stereocenters. The standard InChI is InChI=1S/C24H29N3O5/c1-5-32-23(28)20-18(25-24(29)26-21(20)16-10-7-6-8-11-16)15-27(2)14-17-12-9-13-19(30-3)22(17)31-4/h6-13,21H,5,14-15H2,1-4H3,(H2,25,26,29). The summed E-state index contributed by atoms with van der Waals surface area (Å²) in [6.07, 6.45) is 0. The zero-order valence-corrected chi connectivity index (χ0v) is 18.8. The van der Waals surface area contributed by atoms with E-state index in [1.807, 2.05) is 60.5 Å². The lowest BCUT2D eigenvalue weighted by Crippen LogP contribution is -2.48. The molecule has 32 heavy (non-hydrogen) atoms. The van der Waals surface area contributed by atoms with Crippen molar-refractivity contribution in [3.63, 3.8) is 0 Å². The van der Waals surface area contributed by atoms with Crippen LogP contribution >= 0.6 is 0 Å². The number of esters is 1. The Hall–Kier alpha value is -3.52. The number of hydrogen-bond donors (Lipinski definition) is 2. The van der Waals surface area contributed by atoms with Gasteiger partial charge in [0.25, 0.3) is 0 Å². The van der Waals surface area contributed by atoms with Crippen LogP contribution in [0, 0.1) is 0 Å². The number of urea groups is 1. The topological polar surface area (TPSA) is 89.1 Å². The second-order valence-corrected chi connectivity index (χ2v) is 7.38. The van der Waals surface area contributed by atoms with Crippen molar-refractivity contribution in [1.29, 1.82) is 0 Å². The van der Waals surface area contributed by atoms with E-state index in [9.17, 15) is 9.59 Å². The predicted molar refractivity (Wildman–Crippen MR) is 120 cm³/mol. The van der Waals surface area contributed by atoms with Crippen LogP contribution in [0.3, 0.4) is 0 Å². The summed E-state index contributed by atoms with van der Waals surface area (Å²) in [6.45, 7) is 2.83. The van der Waals surface area contributed by atoms with Crippen LogP contribution < -0.4 is 20.1 Å². The highest BCUT2D eigenvalue weighted by molar-refractivity contribution is 5.95. The first-order valence-electron chi connectivity index (χ1n) is 10.4. The van der Waals surface area contributed by atoms with Crippen LogP contribution in [-0.2, 0) is 16.1 Å². The van der Waals surface area contributed by atoms with Crippen LogP contribution in [0.2, 0.25) is 0 Å². The van der Waals surface area contributed by atoms with E-state index in [1.54, 1.807) is 21.1 Å². The van der Waals surface area contributed by atoms with Crippen molar-refractivity contribution in [2.24, 2.45) is 0 Å². The lowest BCUT2D eigenvalue weighted by atomic mass is 9.95. The Morgan fingerprint density at radius 3 is 2.44 bits per heavy atom. The fourth-order valence-electron chi connectivity index (χ4n) is 3.78. The molecular formula is C24H29N3O5. The van der Waals surface area contributed by atoms with Gasteiger partial charge in [-0.05, 0) is 25.6 Å². The Balaban J connectivity index is 1.93. The molecule has 3 rings (SSSR count). The number of benzene rings is 2. The second-order valence-electron chi connectivity index (χ2n) is 7.38. The van der Waals surface area contributed by atoms with E-state index in [-0.39, 0.29) is 12.6 Å². The van der Waals surface area contributed by atoms with E-state index < -0.39 is 12.0 Å². The number of nitrogens with one attached hydrogen (secondary N) is 2. The van der Waals surface area contributed by atoms with Gasteiger partial charge < -0.3 is 24.8 Å². The minimum Gasteiger partial charge on any atom is -0.493 e. The highest BCUT2D eigenvalue weighted by Gasteiger charge is 2.34. The highest BCUT2D eigenvalue weighted by Crippen LogP contribution is 2.32. The number of carbonyl (C=O) groups is 2. The van der Waals surface area contributed by atoms with Crippen molar-refractivity contribution in [3.05, 3.63) is 70.9 Å². The molecule has 0 radical (unpaired) electrons. The molecule has 170 valence electrons. The molecule has 1 aliphatic rings. The van der Waals surface area contributed by atoms with Crippen molar-refractivity contribution < 1.29 is 23.8 Å². The number of ether oxygens (including phenoxy) is 3. The maximum absolute atomic E-state index is 12.9. The van der Waals surface area contributed by atoms with Crippen LogP contribution in [0.25, 0.3) is 0 Å².